The molecule has 0 aliphatic heterocycles. The van der Waals surface area contributed by atoms with Crippen LogP contribution in [0.1, 0.15) is 5.56 Å². The molecule has 0 bridgehead atoms. The Hall–Kier alpha value is -3.66. The lowest BCUT2D eigenvalue weighted by molar-refractivity contribution is -0.123. The van der Waals surface area contributed by atoms with Crippen molar-refractivity contribution >= 4 is 33.7 Å². The van der Waals surface area contributed by atoms with E-state index in [0.29, 0.717) is 5.75 Å². The first-order chi connectivity index (χ1) is 13.3. The summed E-state index contributed by atoms with van der Waals surface area (Å²) in [5.74, 6) is 0.349. The van der Waals surface area contributed by atoms with Gasteiger partial charge in [-0.25, -0.2) is 5.43 Å². The second-order valence-corrected chi connectivity index (χ2v) is 6.16. The Balaban J connectivity index is 1.37. The molecule has 0 spiro atoms. The van der Waals surface area contributed by atoms with E-state index >= 15 is 0 Å². The number of nitrogens with zero attached hydrogens (tertiary/aromatic N) is 1. The molecule has 132 valence electrons. The van der Waals surface area contributed by atoms with E-state index in [1.54, 1.807) is 6.21 Å². The van der Waals surface area contributed by atoms with Crippen LogP contribution in [0.2, 0.25) is 0 Å². The van der Waals surface area contributed by atoms with Crippen molar-refractivity contribution < 1.29 is 9.53 Å². The number of amides is 1. The van der Waals surface area contributed by atoms with Crippen LogP contribution in [0.3, 0.4) is 0 Å². The highest BCUT2D eigenvalue weighted by Gasteiger charge is 2.03. The summed E-state index contributed by atoms with van der Waals surface area (Å²) < 4.78 is 5.56. The number of carbonyl (C=O) groups is 1. The molecule has 4 aromatic carbocycles. The molecule has 4 heteroatoms. The molecule has 0 saturated carbocycles. The number of hydrogen-bond donors (Lipinski definition) is 1. The number of benzene rings is 4. The van der Waals surface area contributed by atoms with Crippen LogP contribution in [-0.4, -0.2) is 18.7 Å². The van der Waals surface area contributed by atoms with Crippen LogP contribution in [0.4, 0.5) is 0 Å². The molecule has 27 heavy (non-hydrogen) atoms. The molecule has 1 N–H and O–H groups in total. The van der Waals surface area contributed by atoms with Crippen LogP contribution in [0.15, 0.2) is 90.0 Å². The van der Waals surface area contributed by atoms with Gasteiger partial charge in [-0.15, -0.1) is 0 Å². The van der Waals surface area contributed by atoms with Crippen LogP contribution < -0.4 is 10.2 Å². The van der Waals surface area contributed by atoms with Crippen LogP contribution in [0.5, 0.6) is 5.75 Å². The quantitative estimate of drug-likeness (QED) is 0.423. The van der Waals surface area contributed by atoms with Gasteiger partial charge in [-0.1, -0.05) is 72.8 Å². The molecule has 0 fully saturated rings. The molecule has 0 aliphatic rings. The van der Waals surface area contributed by atoms with Gasteiger partial charge in [0.2, 0.25) is 0 Å². The van der Waals surface area contributed by atoms with Crippen molar-refractivity contribution in [2.75, 3.05) is 6.61 Å². The number of rotatable bonds is 5. The first-order valence-corrected chi connectivity index (χ1v) is 8.71. The molecule has 4 rings (SSSR count). The zero-order chi connectivity index (χ0) is 18.5. The van der Waals surface area contributed by atoms with Crippen LogP contribution in [-0.2, 0) is 4.79 Å². The fourth-order valence-electron chi connectivity index (χ4n) is 2.98. The van der Waals surface area contributed by atoms with Crippen molar-refractivity contribution in [1.29, 1.82) is 0 Å². The minimum Gasteiger partial charge on any atom is -0.484 e. The average Bonchev–Trinajstić information content (AvgIpc) is 2.72. The summed E-state index contributed by atoms with van der Waals surface area (Å²) in [6, 6.07) is 27.8. The van der Waals surface area contributed by atoms with Gasteiger partial charge >= 0.3 is 0 Å². The monoisotopic (exact) mass is 354 g/mol. The van der Waals surface area contributed by atoms with Crippen LogP contribution in [0.25, 0.3) is 21.5 Å². The van der Waals surface area contributed by atoms with Gasteiger partial charge in [0.05, 0.1) is 6.21 Å². The molecule has 1 amide bonds. The molecular formula is C23H18N2O2. The van der Waals surface area contributed by atoms with E-state index in [1.165, 1.54) is 0 Å². The summed E-state index contributed by atoms with van der Waals surface area (Å²) in [6.45, 7) is -0.0920. The van der Waals surface area contributed by atoms with E-state index in [4.69, 9.17) is 4.74 Å². The maximum Gasteiger partial charge on any atom is 0.277 e. The molecule has 0 aromatic heterocycles. The Bertz CT molecular complexity index is 1130. The third-order valence-corrected chi connectivity index (χ3v) is 4.31. The smallest absolute Gasteiger partial charge is 0.277 e. The second-order valence-electron chi connectivity index (χ2n) is 6.16. The maximum atomic E-state index is 12.0. The lowest BCUT2D eigenvalue weighted by Gasteiger charge is -2.06. The number of ether oxygens (including phenoxy) is 1. The predicted molar refractivity (Wildman–Crippen MR) is 109 cm³/mol. The summed E-state index contributed by atoms with van der Waals surface area (Å²) >= 11 is 0. The Kier molecular flexibility index (Phi) is 4.79. The van der Waals surface area contributed by atoms with E-state index < -0.39 is 0 Å². The van der Waals surface area contributed by atoms with Crippen LogP contribution in [0, 0.1) is 0 Å². The van der Waals surface area contributed by atoms with Crippen molar-refractivity contribution in [1.82, 2.24) is 5.43 Å². The number of nitrogens with one attached hydrogen (secondary N) is 1. The molecule has 4 aromatic rings. The molecule has 0 radical (unpaired) electrons. The van der Waals surface area contributed by atoms with E-state index in [1.807, 2.05) is 84.9 Å². The number of fused-ring (bicyclic) bond motifs is 2. The van der Waals surface area contributed by atoms with E-state index in [9.17, 15) is 4.79 Å². The Morgan fingerprint density at radius 1 is 0.852 bits per heavy atom. The highest BCUT2D eigenvalue weighted by atomic mass is 16.5. The van der Waals surface area contributed by atoms with Gasteiger partial charge < -0.3 is 4.74 Å². The zero-order valence-corrected chi connectivity index (χ0v) is 14.6. The van der Waals surface area contributed by atoms with Gasteiger partial charge in [-0.3, -0.25) is 4.79 Å². The minimum absolute atomic E-state index is 0.0920. The Morgan fingerprint density at radius 2 is 1.59 bits per heavy atom. The van der Waals surface area contributed by atoms with Gasteiger partial charge in [0, 0.05) is 5.56 Å². The third-order valence-electron chi connectivity index (χ3n) is 4.31. The standard InChI is InChI=1S/C23H18N2O2/c26-23(16-27-21-13-12-17-6-1-2-8-19(17)14-21)25-24-15-20-10-5-9-18-7-3-4-11-22(18)20/h1-15H,16H2,(H,25,26). The topological polar surface area (TPSA) is 50.7 Å². The molecule has 0 aliphatic carbocycles. The molecule has 0 unspecified atom stereocenters. The first kappa shape index (κ1) is 16.8. The van der Waals surface area contributed by atoms with Gasteiger partial charge in [0.1, 0.15) is 5.75 Å². The molecule has 0 heterocycles. The normalized spacial score (nSPS) is 11.1. The molecular weight excluding hydrogens is 336 g/mol. The van der Waals surface area contributed by atoms with Gasteiger partial charge in [0.15, 0.2) is 6.61 Å². The highest BCUT2D eigenvalue weighted by Crippen LogP contribution is 2.20. The maximum absolute atomic E-state index is 12.0. The van der Waals surface area contributed by atoms with E-state index in [0.717, 1.165) is 27.1 Å². The number of carbonyl (C=O) groups excluding carboxylic acids is 1. The van der Waals surface area contributed by atoms with E-state index in [2.05, 4.69) is 10.5 Å². The summed E-state index contributed by atoms with van der Waals surface area (Å²) in [6.07, 6.45) is 1.65. The summed E-state index contributed by atoms with van der Waals surface area (Å²) in [4.78, 5) is 12.0. The minimum atomic E-state index is -0.306. The average molecular weight is 354 g/mol. The van der Waals surface area contributed by atoms with Crippen molar-refractivity contribution in [3.63, 3.8) is 0 Å². The lowest BCUT2D eigenvalue weighted by atomic mass is 10.1. The largest absolute Gasteiger partial charge is 0.484 e. The fraction of sp³-hybridized carbons (Fsp3) is 0.0435. The summed E-state index contributed by atoms with van der Waals surface area (Å²) in [7, 11) is 0. The van der Waals surface area contributed by atoms with Gasteiger partial charge in [-0.2, -0.15) is 5.10 Å². The van der Waals surface area contributed by atoms with E-state index in [-0.39, 0.29) is 12.5 Å². The number of hydrogen-bond acceptors (Lipinski definition) is 3. The molecule has 4 nitrogen and oxygen atoms in total. The van der Waals surface area contributed by atoms with Crippen molar-refractivity contribution in [3.8, 4) is 5.75 Å². The molecule has 0 saturated heterocycles. The Morgan fingerprint density at radius 3 is 2.48 bits per heavy atom. The van der Waals surface area contributed by atoms with Crippen molar-refractivity contribution in [2.45, 2.75) is 0 Å². The fourth-order valence-corrected chi connectivity index (χ4v) is 2.98. The van der Waals surface area contributed by atoms with Crippen molar-refractivity contribution in [2.24, 2.45) is 5.10 Å². The second kappa shape index (κ2) is 7.70. The summed E-state index contributed by atoms with van der Waals surface area (Å²) in [5.41, 5.74) is 3.46. The Labute approximate surface area is 157 Å². The number of hydrazone groups is 1. The third kappa shape index (κ3) is 3.96. The SMILES string of the molecule is O=C(COc1ccc2ccccc2c1)NN=Cc1cccc2ccccc12. The summed E-state index contributed by atoms with van der Waals surface area (Å²) in [5, 5.41) is 8.48. The van der Waals surface area contributed by atoms with Gasteiger partial charge in [-0.05, 0) is 33.7 Å². The highest BCUT2D eigenvalue weighted by molar-refractivity contribution is 6.00. The van der Waals surface area contributed by atoms with Crippen molar-refractivity contribution in [3.05, 3.63) is 90.5 Å². The molecule has 0 atom stereocenters. The zero-order valence-electron chi connectivity index (χ0n) is 14.6. The first-order valence-electron chi connectivity index (χ1n) is 8.71. The predicted octanol–water partition coefficient (Wildman–Crippen LogP) is 4.52. The van der Waals surface area contributed by atoms with Crippen LogP contribution >= 0.6 is 0 Å². The van der Waals surface area contributed by atoms with Gasteiger partial charge in [0.25, 0.3) is 5.91 Å². The lowest BCUT2D eigenvalue weighted by Crippen LogP contribution is -2.24.